The van der Waals surface area contributed by atoms with Crippen molar-refractivity contribution in [3.63, 3.8) is 0 Å². The van der Waals surface area contributed by atoms with Gasteiger partial charge in [0.2, 0.25) is 15.3 Å². The van der Waals surface area contributed by atoms with Crippen LogP contribution in [0.1, 0.15) is 11.1 Å². The molecule has 0 radical (unpaired) electrons. The van der Waals surface area contributed by atoms with E-state index >= 15 is 0 Å². The maximum absolute atomic E-state index is 12.5. The molecule has 2 heterocycles. The molecule has 0 fully saturated rings. The zero-order chi connectivity index (χ0) is 17.2. The summed E-state index contributed by atoms with van der Waals surface area (Å²) in [4.78, 5) is 7.83. The van der Waals surface area contributed by atoms with Crippen LogP contribution in [0.15, 0.2) is 48.8 Å². The summed E-state index contributed by atoms with van der Waals surface area (Å²) >= 11 is 5.75. The summed E-state index contributed by atoms with van der Waals surface area (Å²) in [5.41, 5.74) is 7.75. The largest absolute Gasteiger partial charge is 0.326 e. The van der Waals surface area contributed by atoms with Crippen molar-refractivity contribution < 1.29 is 8.42 Å². The molecule has 0 saturated carbocycles. The van der Waals surface area contributed by atoms with Gasteiger partial charge in [-0.25, -0.2) is 17.4 Å². The molecule has 2 aromatic heterocycles. The zero-order valence-corrected chi connectivity index (χ0v) is 14.2. The fourth-order valence-electron chi connectivity index (χ4n) is 2.25. The normalized spacial score (nSPS) is 12.2. The van der Waals surface area contributed by atoms with Gasteiger partial charge in [0.25, 0.3) is 0 Å². The lowest BCUT2D eigenvalue weighted by molar-refractivity contribution is 0.592. The monoisotopic (exact) mass is 362 g/mol. The van der Waals surface area contributed by atoms with Gasteiger partial charge < -0.3 is 5.73 Å². The third-order valence-electron chi connectivity index (χ3n) is 3.50. The molecule has 1 aromatic carbocycles. The van der Waals surface area contributed by atoms with Gasteiger partial charge >= 0.3 is 0 Å². The quantitative estimate of drug-likeness (QED) is 0.704. The summed E-state index contributed by atoms with van der Waals surface area (Å²) in [6.07, 6.45) is 6.30. The van der Waals surface area contributed by atoms with Gasteiger partial charge in [-0.3, -0.25) is 0 Å². The number of hydrogen-bond acceptors (Lipinski definition) is 5. The first-order valence-electron chi connectivity index (χ1n) is 7.18. The molecular weight excluding hydrogens is 348 g/mol. The van der Waals surface area contributed by atoms with Crippen molar-refractivity contribution >= 4 is 38.7 Å². The van der Waals surface area contributed by atoms with E-state index in [-0.39, 0.29) is 16.7 Å². The van der Waals surface area contributed by atoms with Gasteiger partial charge in [0.1, 0.15) is 0 Å². The molecule has 8 heteroatoms. The van der Waals surface area contributed by atoms with E-state index in [1.54, 1.807) is 18.2 Å². The Morgan fingerprint density at radius 2 is 1.96 bits per heavy atom. The van der Waals surface area contributed by atoms with Crippen molar-refractivity contribution in [2.75, 3.05) is 5.75 Å². The Morgan fingerprint density at radius 3 is 2.67 bits per heavy atom. The topological polar surface area (TPSA) is 90.9 Å². The fourth-order valence-corrected chi connectivity index (χ4v) is 3.53. The average molecular weight is 363 g/mol. The van der Waals surface area contributed by atoms with Crippen LogP contribution in [0, 0.1) is 0 Å². The Labute approximate surface area is 144 Å². The lowest BCUT2D eigenvalue weighted by Crippen LogP contribution is -2.14. The lowest BCUT2D eigenvalue weighted by atomic mass is 10.1. The second-order valence-electron chi connectivity index (χ2n) is 5.16. The van der Waals surface area contributed by atoms with E-state index in [9.17, 15) is 8.42 Å². The molecule has 0 bridgehead atoms. The first-order chi connectivity index (χ1) is 11.5. The SMILES string of the molecule is NCc1ccc(C=CCS(=O)(=O)n2ccc3cnc(Cl)nc32)cc1. The van der Waals surface area contributed by atoms with Crippen LogP contribution in [-0.4, -0.2) is 28.1 Å². The van der Waals surface area contributed by atoms with Gasteiger partial charge in [-0.05, 0) is 28.8 Å². The van der Waals surface area contributed by atoms with Crippen LogP contribution < -0.4 is 5.73 Å². The Morgan fingerprint density at radius 1 is 1.21 bits per heavy atom. The first kappa shape index (κ1) is 16.6. The van der Waals surface area contributed by atoms with Crippen LogP contribution in [0.3, 0.4) is 0 Å². The zero-order valence-electron chi connectivity index (χ0n) is 12.6. The summed E-state index contributed by atoms with van der Waals surface area (Å²) in [6, 6.07) is 9.24. The molecule has 3 aromatic rings. The summed E-state index contributed by atoms with van der Waals surface area (Å²) in [5.74, 6) is -0.156. The summed E-state index contributed by atoms with van der Waals surface area (Å²) < 4.78 is 26.1. The van der Waals surface area contributed by atoms with Crippen LogP contribution in [0.2, 0.25) is 5.28 Å². The second-order valence-corrected chi connectivity index (χ2v) is 7.38. The number of fused-ring (bicyclic) bond motifs is 1. The minimum atomic E-state index is -3.58. The minimum Gasteiger partial charge on any atom is -0.326 e. The Balaban J connectivity index is 1.82. The summed E-state index contributed by atoms with van der Waals surface area (Å²) in [5, 5.41) is 0.623. The predicted molar refractivity (Wildman–Crippen MR) is 95.1 cm³/mol. The fraction of sp³-hybridized carbons (Fsp3) is 0.125. The maximum Gasteiger partial charge on any atom is 0.243 e. The number of rotatable bonds is 5. The Hall–Kier alpha value is -2.22. The highest BCUT2D eigenvalue weighted by Crippen LogP contribution is 2.17. The maximum atomic E-state index is 12.5. The van der Waals surface area contributed by atoms with Crippen LogP contribution in [0.25, 0.3) is 17.1 Å². The van der Waals surface area contributed by atoms with Gasteiger partial charge in [0.15, 0.2) is 5.65 Å². The average Bonchev–Trinajstić information content (AvgIpc) is 2.99. The van der Waals surface area contributed by atoms with Crippen molar-refractivity contribution in [3.05, 3.63) is 65.2 Å². The highest BCUT2D eigenvalue weighted by atomic mass is 35.5. The highest BCUT2D eigenvalue weighted by Gasteiger charge is 2.15. The Bertz CT molecular complexity index is 995. The van der Waals surface area contributed by atoms with Crippen LogP contribution in [0.5, 0.6) is 0 Å². The van der Waals surface area contributed by atoms with Gasteiger partial charge in [0.05, 0.1) is 5.75 Å². The van der Waals surface area contributed by atoms with Crippen molar-refractivity contribution in [2.24, 2.45) is 5.73 Å². The third-order valence-corrected chi connectivity index (χ3v) is 5.19. The second kappa shape index (κ2) is 6.72. The number of aromatic nitrogens is 3. The molecule has 24 heavy (non-hydrogen) atoms. The molecule has 3 rings (SSSR count). The molecule has 124 valence electrons. The molecule has 2 N–H and O–H groups in total. The molecule has 6 nitrogen and oxygen atoms in total. The number of benzene rings is 1. The van der Waals surface area contributed by atoms with Gasteiger partial charge in [-0.2, -0.15) is 4.98 Å². The molecule has 0 saturated heterocycles. The van der Waals surface area contributed by atoms with E-state index in [0.717, 1.165) is 15.1 Å². The van der Waals surface area contributed by atoms with Crippen molar-refractivity contribution in [1.82, 2.24) is 13.9 Å². The number of nitrogens with two attached hydrogens (primary N) is 1. The number of halogens is 1. The van der Waals surface area contributed by atoms with E-state index in [1.807, 2.05) is 24.3 Å². The van der Waals surface area contributed by atoms with Crippen molar-refractivity contribution in [1.29, 1.82) is 0 Å². The highest BCUT2D eigenvalue weighted by molar-refractivity contribution is 7.90. The summed E-state index contributed by atoms with van der Waals surface area (Å²) in [6.45, 7) is 0.476. The lowest BCUT2D eigenvalue weighted by Gasteiger charge is -2.04. The standard InChI is InChI=1S/C16H15ClN4O2S/c17-16-19-11-14-7-8-21(15(14)20-16)24(22,23)9-1-2-12-3-5-13(10-18)6-4-12/h1-8,11H,9-10,18H2. The van der Waals surface area contributed by atoms with E-state index in [2.05, 4.69) is 9.97 Å². The predicted octanol–water partition coefficient (Wildman–Crippen LogP) is 2.43. The van der Waals surface area contributed by atoms with Gasteiger partial charge in [-0.1, -0.05) is 36.4 Å². The smallest absolute Gasteiger partial charge is 0.243 e. The summed E-state index contributed by atoms with van der Waals surface area (Å²) in [7, 11) is -3.58. The molecule has 0 aliphatic heterocycles. The molecule has 0 aliphatic rings. The molecule has 0 aliphatic carbocycles. The van der Waals surface area contributed by atoms with Crippen LogP contribution in [-0.2, 0) is 16.6 Å². The molecule has 0 unspecified atom stereocenters. The van der Waals surface area contributed by atoms with E-state index in [1.165, 1.54) is 12.4 Å². The van der Waals surface area contributed by atoms with Gasteiger partial charge in [-0.15, -0.1) is 0 Å². The number of nitrogens with zero attached hydrogens (tertiary/aromatic N) is 3. The van der Waals surface area contributed by atoms with Crippen LogP contribution >= 0.6 is 11.6 Å². The molecule has 0 spiro atoms. The molecule has 0 atom stereocenters. The molecular formula is C16H15ClN4O2S. The number of hydrogen-bond donors (Lipinski definition) is 1. The van der Waals surface area contributed by atoms with Gasteiger partial charge in [0, 0.05) is 24.3 Å². The van der Waals surface area contributed by atoms with Crippen LogP contribution in [0.4, 0.5) is 0 Å². The first-order valence-corrected chi connectivity index (χ1v) is 9.17. The Kier molecular flexibility index (Phi) is 4.66. The van der Waals surface area contributed by atoms with E-state index in [0.29, 0.717) is 11.9 Å². The minimum absolute atomic E-state index is 0.00758. The van der Waals surface area contributed by atoms with Crippen molar-refractivity contribution in [2.45, 2.75) is 6.54 Å². The van der Waals surface area contributed by atoms with E-state index in [4.69, 9.17) is 17.3 Å². The molecule has 0 amide bonds. The van der Waals surface area contributed by atoms with E-state index < -0.39 is 10.0 Å². The van der Waals surface area contributed by atoms with Crippen molar-refractivity contribution in [3.8, 4) is 0 Å². The third kappa shape index (κ3) is 3.48.